The number of halogens is 1. The first-order valence-corrected chi connectivity index (χ1v) is 11.3. The number of anilines is 2. The van der Waals surface area contributed by atoms with Gasteiger partial charge in [-0.2, -0.15) is 5.10 Å². The third-order valence-corrected chi connectivity index (χ3v) is 6.70. The van der Waals surface area contributed by atoms with Crippen LogP contribution in [0.4, 0.5) is 10.9 Å². The Morgan fingerprint density at radius 3 is 2.61 bits per heavy atom. The lowest BCUT2D eigenvalue weighted by molar-refractivity contribution is 0.465. The van der Waals surface area contributed by atoms with E-state index in [-0.39, 0.29) is 17.4 Å². The first kappa shape index (κ1) is 21.2. The molecule has 5 rings (SSSR count). The van der Waals surface area contributed by atoms with Gasteiger partial charge in [0.15, 0.2) is 0 Å². The van der Waals surface area contributed by atoms with Gasteiger partial charge in [-0.05, 0) is 29.8 Å². The predicted octanol–water partition coefficient (Wildman–Crippen LogP) is 3.39. The number of hydrogen-bond donors (Lipinski definition) is 1. The molecule has 33 heavy (non-hydrogen) atoms. The van der Waals surface area contributed by atoms with Crippen molar-refractivity contribution in [3.63, 3.8) is 0 Å². The van der Waals surface area contributed by atoms with Gasteiger partial charge in [0.1, 0.15) is 23.2 Å². The molecule has 9 nitrogen and oxygen atoms in total. The fourth-order valence-corrected chi connectivity index (χ4v) is 4.73. The first-order valence-electron chi connectivity index (χ1n) is 10.0. The van der Waals surface area contributed by atoms with Crippen LogP contribution in [-0.4, -0.2) is 19.8 Å². The number of nitrogens with zero attached hydrogens (tertiary/aromatic N) is 5. The van der Waals surface area contributed by atoms with Gasteiger partial charge in [-0.25, -0.2) is 14.8 Å². The van der Waals surface area contributed by atoms with Gasteiger partial charge in [-0.3, -0.25) is 13.9 Å². The van der Waals surface area contributed by atoms with Crippen molar-refractivity contribution in [1.82, 2.24) is 14.1 Å². The zero-order valence-corrected chi connectivity index (χ0v) is 19.3. The van der Waals surface area contributed by atoms with Crippen LogP contribution in [0.3, 0.4) is 0 Å². The highest BCUT2D eigenvalue weighted by Crippen LogP contribution is 2.39. The number of hydrogen-bond acceptors (Lipinski definition) is 8. The van der Waals surface area contributed by atoms with E-state index in [1.54, 1.807) is 16.7 Å². The minimum atomic E-state index is -0.498. The summed E-state index contributed by atoms with van der Waals surface area (Å²) in [5, 5.41) is 9.58. The van der Waals surface area contributed by atoms with Crippen molar-refractivity contribution in [3.05, 3.63) is 85.2 Å². The number of aromatic nitrogens is 3. The summed E-state index contributed by atoms with van der Waals surface area (Å²) in [6.45, 7) is 0. The average Bonchev–Trinajstić information content (AvgIpc) is 3.57. The molecule has 2 N–H and O–H groups in total. The molecule has 168 valence electrons. The zero-order chi connectivity index (χ0) is 23.3. The molecule has 1 aliphatic heterocycles. The molecule has 0 saturated heterocycles. The van der Waals surface area contributed by atoms with Crippen LogP contribution in [-0.2, 0) is 14.1 Å². The fraction of sp³-hybridized carbons (Fsp3) is 0.182. The zero-order valence-electron chi connectivity index (χ0n) is 17.7. The highest BCUT2D eigenvalue weighted by atomic mass is 35.5. The SMILES string of the molecule is Cn1c(N)c(-c2csc(N3N=C(c4ccc(Cl)cc4)C[C@H]3c3ccco3)n2)c(=O)n(C)c1=O. The third kappa shape index (κ3) is 3.57. The van der Waals surface area contributed by atoms with Gasteiger partial charge in [0.05, 0.1) is 17.7 Å². The molecule has 0 radical (unpaired) electrons. The van der Waals surface area contributed by atoms with Crippen LogP contribution < -0.4 is 22.0 Å². The first-order chi connectivity index (χ1) is 15.8. The summed E-state index contributed by atoms with van der Waals surface area (Å²) >= 11 is 7.37. The van der Waals surface area contributed by atoms with Gasteiger partial charge in [0, 0.05) is 30.9 Å². The Hall–Kier alpha value is -3.63. The van der Waals surface area contributed by atoms with E-state index in [1.807, 2.05) is 36.4 Å². The van der Waals surface area contributed by atoms with Crippen LogP contribution in [0.2, 0.25) is 5.02 Å². The molecule has 1 aromatic carbocycles. The number of hydrazone groups is 1. The second-order valence-corrected chi connectivity index (χ2v) is 8.89. The lowest BCUT2D eigenvalue weighted by Crippen LogP contribution is -2.39. The number of rotatable bonds is 4. The monoisotopic (exact) mass is 482 g/mol. The molecule has 1 aliphatic rings. The van der Waals surface area contributed by atoms with E-state index in [2.05, 4.69) is 4.98 Å². The van der Waals surface area contributed by atoms with Crippen molar-refractivity contribution in [3.8, 4) is 11.3 Å². The maximum atomic E-state index is 12.8. The van der Waals surface area contributed by atoms with Crippen molar-refractivity contribution in [1.29, 1.82) is 0 Å². The third-order valence-electron chi connectivity index (χ3n) is 5.61. The number of nitrogens with two attached hydrogens (primary N) is 1. The molecular formula is C22H19ClN6O3S. The summed E-state index contributed by atoms with van der Waals surface area (Å²) in [7, 11) is 2.93. The molecule has 1 atom stereocenters. The molecular weight excluding hydrogens is 464 g/mol. The second kappa shape index (κ2) is 8.05. The molecule has 0 saturated carbocycles. The van der Waals surface area contributed by atoms with E-state index in [4.69, 9.17) is 26.9 Å². The van der Waals surface area contributed by atoms with Crippen LogP contribution in [0.5, 0.6) is 0 Å². The Morgan fingerprint density at radius 2 is 1.91 bits per heavy atom. The highest BCUT2D eigenvalue weighted by molar-refractivity contribution is 7.14. The Bertz CT molecular complexity index is 1480. The summed E-state index contributed by atoms with van der Waals surface area (Å²) in [5.41, 5.74) is 7.50. The van der Waals surface area contributed by atoms with Crippen LogP contribution >= 0.6 is 22.9 Å². The number of benzene rings is 1. The minimum Gasteiger partial charge on any atom is -0.467 e. The van der Waals surface area contributed by atoms with Gasteiger partial charge in [-0.15, -0.1) is 11.3 Å². The molecule has 0 fully saturated rings. The van der Waals surface area contributed by atoms with Crippen molar-refractivity contribution in [2.24, 2.45) is 19.2 Å². The minimum absolute atomic E-state index is 0.0642. The van der Waals surface area contributed by atoms with Crippen molar-refractivity contribution < 1.29 is 4.42 Å². The van der Waals surface area contributed by atoms with Crippen molar-refractivity contribution in [2.75, 3.05) is 10.7 Å². The maximum Gasteiger partial charge on any atom is 0.332 e. The van der Waals surface area contributed by atoms with E-state index in [0.717, 1.165) is 21.6 Å². The predicted molar refractivity (Wildman–Crippen MR) is 129 cm³/mol. The Balaban J connectivity index is 1.59. The summed E-state index contributed by atoms with van der Waals surface area (Å²) in [5.74, 6) is 0.811. The standard InChI is InChI=1S/C22H19ClN6O3S/c1-27-19(24)18(20(30)28(2)22(27)31)15-11-33-21(25-15)29-16(17-4-3-9-32-17)10-14(26-29)12-5-7-13(23)8-6-12/h3-9,11,16H,10,24H2,1-2H3/t16-/m0/s1. The quantitative estimate of drug-likeness (QED) is 0.477. The molecule has 4 heterocycles. The molecule has 11 heteroatoms. The van der Waals surface area contributed by atoms with E-state index in [1.165, 1.54) is 30.0 Å². The molecule has 0 spiro atoms. The van der Waals surface area contributed by atoms with E-state index >= 15 is 0 Å². The molecule has 3 aromatic heterocycles. The summed E-state index contributed by atoms with van der Waals surface area (Å²) in [4.78, 5) is 29.6. The number of nitrogen functional groups attached to an aromatic ring is 1. The number of furan rings is 1. The van der Waals surface area contributed by atoms with Crippen LogP contribution in [0.1, 0.15) is 23.8 Å². The van der Waals surface area contributed by atoms with Gasteiger partial charge >= 0.3 is 5.69 Å². The molecule has 4 aromatic rings. The normalized spacial score (nSPS) is 15.8. The number of thiazole rings is 1. The van der Waals surface area contributed by atoms with Gasteiger partial charge in [0.25, 0.3) is 5.56 Å². The van der Waals surface area contributed by atoms with E-state index in [9.17, 15) is 9.59 Å². The highest BCUT2D eigenvalue weighted by Gasteiger charge is 2.34. The smallest absolute Gasteiger partial charge is 0.332 e. The van der Waals surface area contributed by atoms with Gasteiger partial charge in [-0.1, -0.05) is 23.7 Å². The lowest BCUT2D eigenvalue weighted by Gasteiger charge is -2.18. The Labute approximate surface area is 197 Å². The Kier molecular flexibility index (Phi) is 5.18. The fourth-order valence-electron chi connectivity index (χ4n) is 3.79. The van der Waals surface area contributed by atoms with Gasteiger partial charge in [0.2, 0.25) is 5.13 Å². The average molecular weight is 483 g/mol. The van der Waals surface area contributed by atoms with Crippen LogP contribution in [0.15, 0.2) is 67.1 Å². The van der Waals surface area contributed by atoms with Crippen LogP contribution in [0, 0.1) is 0 Å². The Morgan fingerprint density at radius 1 is 1.15 bits per heavy atom. The second-order valence-electron chi connectivity index (χ2n) is 7.61. The molecule has 0 bridgehead atoms. The topological polar surface area (TPSA) is 112 Å². The lowest BCUT2D eigenvalue weighted by atomic mass is 10.0. The largest absolute Gasteiger partial charge is 0.467 e. The summed E-state index contributed by atoms with van der Waals surface area (Å²) < 4.78 is 7.92. The molecule has 0 unspecified atom stereocenters. The summed E-state index contributed by atoms with van der Waals surface area (Å²) in [6.07, 6.45) is 2.23. The molecule has 0 aliphatic carbocycles. The van der Waals surface area contributed by atoms with Gasteiger partial charge < -0.3 is 10.2 Å². The van der Waals surface area contributed by atoms with Crippen molar-refractivity contribution >= 4 is 39.6 Å². The van der Waals surface area contributed by atoms with E-state index < -0.39 is 11.2 Å². The van der Waals surface area contributed by atoms with Crippen LogP contribution in [0.25, 0.3) is 11.3 Å². The maximum absolute atomic E-state index is 12.8. The van der Waals surface area contributed by atoms with Crippen molar-refractivity contribution in [2.45, 2.75) is 12.5 Å². The summed E-state index contributed by atoms with van der Waals surface area (Å²) in [6, 6.07) is 11.0. The molecule has 0 amide bonds. The van der Waals surface area contributed by atoms with E-state index in [0.29, 0.717) is 22.3 Å².